The predicted molar refractivity (Wildman–Crippen MR) is 158 cm³/mol. The molecule has 0 aliphatic heterocycles. The van der Waals surface area contributed by atoms with Crippen molar-refractivity contribution in [3.8, 4) is 0 Å². The summed E-state index contributed by atoms with van der Waals surface area (Å²) in [6.45, 7) is 0.0681. The third kappa shape index (κ3) is 8.09. The molecular formula is C33H40N4O6. The lowest BCUT2D eigenvalue weighted by Crippen LogP contribution is -2.44. The van der Waals surface area contributed by atoms with E-state index in [1.807, 2.05) is 60.7 Å². The van der Waals surface area contributed by atoms with Gasteiger partial charge in [-0.05, 0) is 36.8 Å². The normalized spacial score (nSPS) is 16.1. The molecule has 3 aromatic rings. The van der Waals surface area contributed by atoms with E-state index in [9.17, 15) is 19.5 Å². The summed E-state index contributed by atoms with van der Waals surface area (Å²) in [4.78, 5) is 52.0. The Morgan fingerprint density at radius 1 is 0.744 bits per heavy atom. The van der Waals surface area contributed by atoms with Crippen LogP contribution in [-0.4, -0.2) is 54.9 Å². The molecule has 0 spiro atoms. The van der Waals surface area contributed by atoms with Gasteiger partial charge in [0.2, 0.25) is 0 Å². The van der Waals surface area contributed by atoms with Crippen molar-refractivity contribution in [3.63, 3.8) is 0 Å². The number of carbonyl (C=O) groups excluding carboxylic acids is 2. The quantitative estimate of drug-likeness (QED) is 0.267. The summed E-state index contributed by atoms with van der Waals surface area (Å²) in [6.07, 6.45) is 9.31. The Hall–Kier alpha value is -4.02. The molecule has 2 aromatic carbocycles. The number of carboxylic acids is 1. The fourth-order valence-electron chi connectivity index (χ4n) is 5.90. The fourth-order valence-corrected chi connectivity index (χ4v) is 5.90. The molecule has 10 heteroatoms. The maximum Gasteiger partial charge on any atom is 0.356 e. The monoisotopic (exact) mass is 588 g/mol. The van der Waals surface area contributed by atoms with E-state index in [1.54, 1.807) is 0 Å². The zero-order chi connectivity index (χ0) is 30.0. The SMILES string of the molecule is O=C(O)c1cc(C(=O)N(OCc2ccccc2)C2CCCCC2)n(CC(=O)N(OCc2ccccc2)C2CCCCC2)n1. The van der Waals surface area contributed by atoms with Crippen LogP contribution in [0, 0.1) is 0 Å². The number of hydrogen-bond donors (Lipinski definition) is 1. The van der Waals surface area contributed by atoms with Crippen LogP contribution in [0.3, 0.4) is 0 Å². The summed E-state index contributed by atoms with van der Waals surface area (Å²) in [6, 6.07) is 20.1. The second-order valence-corrected chi connectivity index (χ2v) is 11.3. The molecule has 10 nitrogen and oxygen atoms in total. The van der Waals surface area contributed by atoms with E-state index in [1.165, 1.54) is 20.9 Å². The molecule has 1 aromatic heterocycles. The number of amides is 2. The van der Waals surface area contributed by atoms with Crippen LogP contribution >= 0.6 is 0 Å². The first-order chi connectivity index (χ1) is 21.0. The van der Waals surface area contributed by atoms with Crippen molar-refractivity contribution in [3.05, 3.63) is 89.2 Å². The van der Waals surface area contributed by atoms with E-state index < -0.39 is 11.9 Å². The van der Waals surface area contributed by atoms with Crippen LogP contribution < -0.4 is 0 Å². The molecule has 2 saturated carbocycles. The van der Waals surface area contributed by atoms with Gasteiger partial charge in [0.1, 0.15) is 25.5 Å². The van der Waals surface area contributed by atoms with Crippen molar-refractivity contribution >= 4 is 17.8 Å². The number of carboxylic acid groups (broad SMARTS) is 1. The molecule has 228 valence electrons. The number of carbonyl (C=O) groups is 3. The minimum Gasteiger partial charge on any atom is -0.476 e. The molecule has 1 heterocycles. The van der Waals surface area contributed by atoms with E-state index in [0.717, 1.165) is 75.3 Å². The average Bonchev–Trinajstić information content (AvgIpc) is 3.47. The predicted octanol–water partition coefficient (Wildman–Crippen LogP) is 5.78. The number of benzene rings is 2. The number of rotatable bonds is 12. The van der Waals surface area contributed by atoms with Crippen molar-refractivity contribution in [2.45, 2.75) is 96.1 Å². The van der Waals surface area contributed by atoms with Gasteiger partial charge in [-0.3, -0.25) is 19.3 Å². The number of aromatic carboxylic acids is 1. The van der Waals surface area contributed by atoms with E-state index in [2.05, 4.69) is 5.10 Å². The molecule has 0 radical (unpaired) electrons. The molecule has 5 rings (SSSR count). The van der Waals surface area contributed by atoms with Crippen LogP contribution in [0.1, 0.15) is 96.3 Å². The highest BCUT2D eigenvalue weighted by atomic mass is 16.7. The molecule has 2 fully saturated rings. The molecule has 2 aliphatic carbocycles. The number of hydrogen-bond acceptors (Lipinski definition) is 6. The highest BCUT2D eigenvalue weighted by molar-refractivity contribution is 5.95. The molecule has 0 atom stereocenters. The Morgan fingerprint density at radius 3 is 1.74 bits per heavy atom. The van der Waals surface area contributed by atoms with Gasteiger partial charge in [0.05, 0.1) is 12.1 Å². The Morgan fingerprint density at radius 2 is 1.23 bits per heavy atom. The molecule has 1 N–H and O–H groups in total. The fraction of sp³-hybridized carbons (Fsp3) is 0.455. The zero-order valence-electron chi connectivity index (χ0n) is 24.5. The van der Waals surface area contributed by atoms with Crippen LogP contribution in [-0.2, 0) is 34.2 Å². The molecule has 43 heavy (non-hydrogen) atoms. The van der Waals surface area contributed by atoms with Gasteiger partial charge in [-0.25, -0.2) is 19.6 Å². The van der Waals surface area contributed by atoms with Gasteiger partial charge in [-0.15, -0.1) is 0 Å². The lowest BCUT2D eigenvalue weighted by atomic mass is 9.95. The lowest BCUT2D eigenvalue weighted by Gasteiger charge is -2.34. The van der Waals surface area contributed by atoms with E-state index in [4.69, 9.17) is 9.68 Å². The van der Waals surface area contributed by atoms with Gasteiger partial charge >= 0.3 is 5.97 Å². The summed E-state index contributed by atoms with van der Waals surface area (Å²) in [5.41, 5.74) is 1.52. The van der Waals surface area contributed by atoms with E-state index in [-0.39, 0.29) is 49.1 Å². The van der Waals surface area contributed by atoms with Crippen molar-refractivity contribution < 1.29 is 29.2 Å². The van der Waals surface area contributed by atoms with Gasteiger partial charge in [-0.1, -0.05) is 99.2 Å². The van der Waals surface area contributed by atoms with Crippen molar-refractivity contribution in [2.75, 3.05) is 0 Å². The number of nitrogens with zero attached hydrogens (tertiary/aromatic N) is 4. The topological polar surface area (TPSA) is 114 Å². The maximum atomic E-state index is 14.1. The minimum atomic E-state index is -1.28. The van der Waals surface area contributed by atoms with Gasteiger partial charge in [0, 0.05) is 6.07 Å². The smallest absolute Gasteiger partial charge is 0.356 e. The van der Waals surface area contributed by atoms with Crippen LogP contribution in [0.15, 0.2) is 66.7 Å². The highest BCUT2D eigenvalue weighted by Gasteiger charge is 2.33. The molecule has 2 aliphatic rings. The second-order valence-electron chi connectivity index (χ2n) is 11.3. The van der Waals surface area contributed by atoms with E-state index in [0.29, 0.717) is 0 Å². The zero-order valence-corrected chi connectivity index (χ0v) is 24.5. The number of hydroxylamine groups is 4. The summed E-state index contributed by atoms with van der Waals surface area (Å²) >= 11 is 0. The summed E-state index contributed by atoms with van der Waals surface area (Å²) in [5.74, 6) is -2.17. The summed E-state index contributed by atoms with van der Waals surface area (Å²) < 4.78 is 1.19. The largest absolute Gasteiger partial charge is 0.476 e. The third-order valence-corrected chi connectivity index (χ3v) is 8.19. The average molecular weight is 589 g/mol. The summed E-state index contributed by atoms with van der Waals surface area (Å²) in [7, 11) is 0. The van der Waals surface area contributed by atoms with Gasteiger partial charge in [0.25, 0.3) is 11.8 Å². The van der Waals surface area contributed by atoms with Gasteiger partial charge < -0.3 is 5.11 Å². The molecule has 0 unspecified atom stereocenters. The maximum absolute atomic E-state index is 14.1. The van der Waals surface area contributed by atoms with Gasteiger partial charge in [0.15, 0.2) is 5.69 Å². The second kappa shape index (κ2) is 14.9. The molecule has 0 bridgehead atoms. The van der Waals surface area contributed by atoms with Gasteiger partial charge in [-0.2, -0.15) is 5.10 Å². The Labute approximate surface area is 252 Å². The van der Waals surface area contributed by atoms with Crippen LogP contribution in [0.25, 0.3) is 0 Å². The first-order valence-electron chi connectivity index (χ1n) is 15.3. The van der Waals surface area contributed by atoms with Crippen LogP contribution in [0.4, 0.5) is 0 Å². The van der Waals surface area contributed by atoms with Crippen molar-refractivity contribution in [1.82, 2.24) is 19.9 Å². The van der Waals surface area contributed by atoms with Crippen LogP contribution in [0.2, 0.25) is 0 Å². The standard InChI is InChI=1S/C33H40N4O6/c38-31(36(27-17-9-3-10-18-27)42-23-25-13-5-1-6-14-25)22-35-30(21-29(34-35)33(40)41)32(39)37(28-19-11-4-12-20-28)43-24-26-15-7-2-8-16-26/h1-2,5-8,13-16,21,27-28H,3-4,9-12,17-20,22-24H2,(H,40,41). The van der Waals surface area contributed by atoms with Crippen molar-refractivity contribution in [1.29, 1.82) is 0 Å². The molecule has 2 amide bonds. The third-order valence-electron chi connectivity index (χ3n) is 8.19. The van der Waals surface area contributed by atoms with E-state index >= 15 is 0 Å². The first kappa shape index (κ1) is 30.4. The molecular weight excluding hydrogens is 548 g/mol. The highest BCUT2D eigenvalue weighted by Crippen LogP contribution is 2.27. The Bertz CT molecular complexity index is 1350. The summed E-state index contributed by atoms with van der Waals surface area (Å²) in [5, 5.41) is 16.7. The van der Waals surface area contributed by atoms with Crippen LogP contribution in [0.5, 0.6) is 0 Å². The van der Waals surface area contributed by atoms with Crippen molar-refractivity contribution in [2.24, 2.45) is 0 Å². The Kier molecular flexibility index (Phi) is 10.6. The number of aromatic nitrogens is 2. The molecule has 0 saturated heterocycles. The minimum absolute atomic E-state index is 0.00367. The first-order valence-corrected chi connectivity index (χ1v) is 15.3. The Balaban J connectivity index is 1.39. The lowest BCUT2D eigenvalue weighted by molar-refractivity contribution is -0.210.